The molecular weight excluding hydrogens is 326 g/mol. The van der Waals surface area contributed by atoms with Crippen molar-refractivity contribution in [2.24, 2.45) is 0 Å². The van der Waals surface area contributed by atoms with Crippen molar-refractivity contribution in [3.63, 3.8) is 0 Å². The van der Waals surface area contributed by atoms with Crippen LogP contribution in [0.2, 0.25) is 0 Å². The van der Waals surface area contributed by atoms with Gasteiger partial charge in [0.15, 0.2) is 0 Å². The van der Waals surface area contributed by atoms with Gasteiger partial charge in [-0.15, -0.1) is 22.7 Å². The molecule has 116 valence electrons. The van der Waals surface area contributed by atoms with Gasteiger partial charge in [0.25, 0.3) is 5.91 Å². The van der Waals surface area contributed by atoms with E-state index in [4.69, 9.17) is 0 Å². The van der Waals surface area contributed by atoms with Gasteiger partial charge in [-0.05, 0) is 37.1 Å². The van der Waals surface area contributed by atoms with Crippen molar-refractivity contribution >= 4 is 28.6 Å². The molecule has 0 saturated carbocycles. The minimum atomic E-state index is 0.0565. The van der Waals surface area contributed by atoms with E-state index in [1.165, 1.54) is 15.3 Å². The number of nitrogens with zero attached hydrogens (tertiary/aromatic N) is 3. The number of rotatable bonds is 2. The molecule has 0 aromatic carbocycles. The Balaban J connectivity index is 1.58. The number of aryl methyl sites for hydroxylation is 1. The summed E-state index contributed by atoms with van der Waals surface area (Å²) in [6.45, 7) is 3.45. The van der Waals surface area contributed by atoms with Gasteiger partial charge < -0.3 is 4.90 Å². The SMILES string of the molecule is Cc1nc(-c2cc3c(s2)CCN(C(=O)c2cccnc2)C3)cs1. The Hall–Kier alpha value is -2.05. The number of hydrogen-bond donors (Lipinski definition) is 0. The van der Waals surface area contributed by atoms with E-state index < -0.39 is 0 Å². The van der Waals surface area contributed by atoms with Gasteiger partial charge in [0.1, 0.15) is 0 Å². The average Bonchev–Trinajstić information content (AvgIpc) is 3.20. The summed E-state index contributed by atoms with van der Waals surface area (Å²) in [6.07, 6.45) is 4.23. The predicted molar refractivity (Wildman–Crippen MR) is 92.8 cm³/mol. The van der Waals surface area contributed by atoms with Crippen molar-refractivity contribution in [3.05, 3.63) is 57.0 Å². The molecule has 6 heteroatoms. The van der Waals surface area contributed by atoms with E-state index in [9.17, 15) is 4.79 Å². The van der Waals surface area contributed by atoms with Crippen LogP contribution in [0, 0.1) is 6.92 Å². The maximum atomic E-state index is 12.6. The van der Waals surface area contributed by atoms with Gasteiger partial charge in [0, 0.05) is 35.7 Å². The molecule has 0 bridgehead atoms. The summed E-state index contributed by atoms with van der Waals surface area (Å²) in [5.74, 6) is 0.0565. The van der Waals surface area contributed by atoms with Gasteiger partial charge in [0.2, 0.25) is 0 Å². The number of amides is 1. The molecule has 4 rings (SSSR count). The fourth-order valence-corrected chi connectivity index (χ4v) is 4.59. The highest BCUT2D eigenvalue weighted by Crippen LogP contribution is 2.35. The van der Waals surface area contributed by atoms with Crippen LogP contribution in [0.1, 0.15) is 25.8 Å². The molecule has 23 heavy (non-hydrogen) atoms. The van der Waals surface area contributed by atoms with Crippen molar-refractivity contribution in [1.82, 2.24) is 14.9 Å². The van der Waals surface area contributed by atoms with E-state index in [-0.39, 0.29) is 5.91 Å². The van der Waals surface area contributed by atoms with E-state index in [1.54, 1.807) is 41.1 Å². The molecule has 4 heterocycles. The number of pyridine rings is 1. The van der Waals surface area contributed by atoms with Gasteiger partial charge in [-0.25, -0.2) is 4.98 Å². The summed E-state index contributed by atoms with van der Waals surface area (Å²) >= 11 is 3.48. The number of thiazole rings is 1. The standard InChI is InChI=1S/C17H15N3OS2/c1-11-19-14(10-22-11)16-7-13-9-20(6-4-15(13)23-16)17(21)12-3-2-5-18-8-12/h2-3,5,7-8,10H,4,6,9H2,1H3. The molecule has 1 aliphatic rings. The van der Waals surface area contributed by atoms with E-state index >= 15 is 0 Å². The minimum Gasteiger partial charge on any atom is -0.334 e. The molecule has 0 aliphatic carbocycles. The minimum absolute atomic E-state index is 0.0565. The second-order valence-corrected chi connectivity index (χ2v) is 7.73. The number of carbonyl (C=O) groups is 1. The van der Waals surface area contributed by atoms with Gasteiger partial charge in [-0.3, -0.25) is 9.78 Å². The zero-order valence-electron chi connectivity index (χ0n) is 12.7. The second kappa shape index (κ2) is 5.86. The molecule has 1 aliphatic heterocycles. The van der Waals surface area contributed by atoms with Crippen LogP contribution in [0.15, 0.2) is 36.0 Å². The number of fused-ring (bicyclic) bond motifs is 1. The van der Waals surface area contributed by atoms with Crippen molar-refractivity contribution in [1.29, 1.82) is 0 Å². The molecule has 0 N–H and O–H groups in total. The van der Waals surface area contributed by atoms with Crippen LogP contribution in [0.4, 0.5) is 0 Å². The number of hydrogen-bond acceptors (Lipinski definition) is 5. The summed E-state index contributed by atoms with van der Waals surface area (Å²) in [5, 5.41) is 3.19. The molecule has 3 aromatic heterocycles. The molecule has 0 fully saturated rings. The Labute approximate surface area is 142 Å². The van der Waals surface area contributed by atoms with Gasteiger partial charge in [-0.2, -0.15) is 0 Å². The lowest BCUT2D eigenvalue weighted by Crippen LogP contribution is -2.35. The van der Waals surface area contributed by atoms with Gasteiger partial charge in [-0.1, -0.05) is 0 Å². The molecule has 0 atom stereocenters. The average molecular weight is 341 g/mol. The third-order valence-corrected chi connectivity index (χ3v) is 5.97. The maximum Gasteiger partial charge on any atom is 0.255 e. The zero-order valence-corrected chi connectivity index (χ0v) is 14.3. The van der Waals surface area contributed by atoms with E-state index in [1.807, 2.05) is 17.9 Å². The van der Waals surface area contributed by atoms with Crippen LogP contribution in [-0.2, 0) is 13.0 Å². The van der Waals surface area contributed by atoms with Crippen molar-refractivity contribution in [3.8, 4) is 10.6 Å². The summed E-state index contributed by atoms with van der Waals surface area (Å²) in [4.78, 5) is 25.7. The largest absolute Gasteiger partial charge is 0.334 e. The molecule has 1 amide bonds. The predicted octanol–water partition coefficient (Wildman–Crippen LogP) is 3.77. The number of thiophene rings is 1. The van der Waals surface area contributed by atoms with E-state index in [0.717, 1.165) is 23.7 Å². The number of aromatic nitrogens is 2. The van der Waals surface area contributed by atoms with Crippen LogP contribution in [0.25, 0.3) is 10.6 Å². The Morgan fingerprint density at radius 2 is 2.30 bits per heavy atom. The monoisotopic (exact) mass is 341 g/mol. The summed E-state index contributed by atoms with van der Waals surface area (Å²) in [6, 6.07) is 5.81. The van der Waals surface area contributed by atoms with Crippen LogP contribution in [0.3, 0.4) is 0 Å². The topological polar surface area (TPSA) is 46.1 Å². The Morgan fingerprint density at radius 1 is 1.39 bits per heavy atom. The third-order valence-electron chi connectivity index (χ3n) is 3.93. The lowest BCUT2D eigenvalue weighted by molar-refractivity contribution is 0.0735. The lowest BCUT2D eigenvalue weighted by Gasteiger charge is -2.26. The first-order valence-electron chi connectivity index (χ1n) is 7.44. The van der Waals surface area contributed by atoms with Gasteiger partial charge >= 0.3 is 0 Å². The number of carbonyl (C=O) groups excluding carboxylic acids is 1. The quantitative estimate of drug-likeness (QED) is 0.713. The first-order chi connectivity index (χ1) is 11.2. The Bertz CT molecular complexity index is 854. The highest BCUT2D eigenvalue weighted by Gasteiger charge is 2.24. The van der Waals surface area contributed by atoms with E-state index in [0.29, 0.717) is 12.1 Å². The van der Waals surface area contributed by atoms with Crippen LogP contribution in [0.5, 0.6) is 0 Å². The van der Waals surface area contributed by atoms with Crippen LogP contribution < -0.4 is 0 Å². The second-order valence-electron chi connectivity index (χ2n) is 5.53. The molecule has 0 spiro atoms. The summed E-state index contributed by atoms with van der Waals surface area (Å²) < 4.78 is 0. The lowest BCUT2D eigenvalue weighted by atomic mass is 10.1. The van der Waals surface area contributed by atoms with Crippen LogP contribution in [-0.4, -0.2) is 27.3 Å². The Morgan fingerprint density at radius 3 is 3.04 bits per heavy atom. The maximum absolute atomic E-state index is 12.6. The summed E-state index contributed by atoms with van der Waals surface area (Å²) in [5.41, 5.74) is 2.96. The summed E-state index contributed by atoms with van der Waals surface area (Å²) in [7, 11) is 0. The first kappa shape index (κ1) is 14.5. The van der Waals surface area contributed by atoms with E-state index in [2.05, 4.69) is 21.4 Å². The van der Waals surface area contributed by atoms with Crippen molar-refractivity contribution < 1.29 is 4.79 Å². The highest BCUT2D eigenvalue weighted by molar-refractivity contribution is 7.16. The zero-order chi connectivity index (χ0) is 15.8. The molecular formula is C17H15N3OS2. The Kier molecular flexibility index (Phi) is 3.71. The normalized spacial score (nSPS) is 13.9. The van der Waals surface area contributed by atoms with Crippen molar-refractivity contribution in [2.75, 3.05) is 6.54 Å². The fraction of sp³-hybridized carbons (Fsp3) is 0.235. The molecule has 0 radical (unpaired) electrons. The third kappa shape index (κ3) is 2.80. The molecule has 0 saturated heterocycles. The fourth-order valence-electron chi connectivity index (χ4n) is 2.78. The van der Waals surface area contributed by atoms with Crippen LogP contribution >= 0.6 is 22.7 Å². The molecule has 4 nitrogen and oxygen atoms in total. The van der Waals surface area contributed by atoms with Crippen molar-refractivity contribution in [2.45, 2.75) is 19.9 Å². The van der Waals surface area contributed by atoms with Gasteiger partial charge in [0.05, 0.1) is 21.1 Å². The smallest absolute Gasteiger partial charge is 0.255 e. The molecule has 0 unspecified atom stereocenters. The first-order valence-corrected chi connectivity index (χ1v) is 9.14. The highest BCUT2D eigenvalue weighted by atomic mass is 32.1. The molecule has 3 aromatic rings.